The summed E-state index contributed by atoms with van der Waals surface area (Å²) < 4.78 is 6.97. The molecule has 0 aliphatic heterocycles. The predicted molar refractivity (Wildman–Crippen MR) is 125 cm³/mol. The van der Waals surface area contributed by atoms with Gasteiger partial charge in [-0.3, -0.25) is 14.9 Å². The highest BCUT2D eigenvalue weighted by Gasteiger charge is 2.23. The normalized spacial score (nSPS) is 11.4. The number of anilines is 1. The van der Waals surface area contributed by atoms with Gasteiger partial charge in [0.25, 0.3) is 11.6 Å². The first-order valence-corrected chi connectivity index (χ1v) is 11.0. The molecule has 2 heterocycles. The van der Waals surface area contributed by atoms with E-state index in [1.807, 2.05) is 20.8 Å². The molecule has 1 N–H and O–H groups in total. The minimum Gasteiger partial charge on any atom is -0.338 e. The molecule has 2 aromatic heterocycles. The summed E-state index contributed by atoms with van der Waals surface area (Å²) in [5, 5.41) is 26.5. The van der Waals surface area contributed by atoms with Crippen LogP contribution in [0.5, 0.6) is 0 Å². The molecule has 4 aromatic rings. The van der Waals surface area contributed by atoms with Gasteiger partial charge in [0.1, 0.15) is 6.33 Å². The molecule has 174 valence electrons. The van der Waals surface area contributed by atoms with E-state index < -0.39 is 10.8 Å². The first kappa shape index (κ1) is 23.1. The Balaban J connectivity index is 1.50. The van der Waals surface area contributed by atoms with E-state index >= 15 is 0 Å². The summed E-state index contributed by atoms with van der Waals surface area (Å²) in [7, 11) is 1.74. The van der Waals surface area contributed by atoms with Gasteiger partial charge in [0, 0.05) is 35.3 Å². The maximum atomic E-state index is 12.7. The number of benzene rings is 2. The molecule has 0 fully saturated rings. The highest BCUT2D eigenvalue weighted by molar-refractivity contribution is 7.99. The van der Waals surface area contributed by atoms with E-state index in [0.717, 1.165) is 17.3 Å². The topological polar surface area (TPSA) is 142 Å². The van der Waals surface area contributed by atoms with Crippen LogP contribution >= 0.6 is 11.8 Å². The molecule has 34 heavy (non-hydrogen) atoms. The number of nitrogens with zero attached hydrogens (tertiary/aromatic N) is 6. The van der Waals surface area contributed by atoms with Gasteiger partial charge in [0.15, 0.2) is 5.16 Å². The van der Waals surface area contributed by atoms with Crippen LogP contribution in [0.2, 0.25) is 0 Å². The molecule has 0 spiro atoms. The zero-order valence-corrected chi connectivity index (χ0v) is 19.7. The van der Waals surface area contributed by atoms with Crippen LogP contribution in [0.4, 0.5) is 11.4 Å². The summed E-state index contributed by atoms with van der Waals surface area (Å²) in [6.07, 6.45) is 1.50. The fourth-order valence-electron chi connectivity index (χ4n) is 2.90. The van der Waals surface area contributed by atoms with E-state index in [-0.39, 0.29) is 16.7 Å². The number of nitro groups is 1. The van der Waals surface area contributed by atoms with Crippen LogP contribution in [0.1, 0.15) is 37.0 Å². The molecule has 0 atom stereocenters. The number of carbonyl (C=O) groups excluding carboxylic acids is 1. The van der Waals surface area contributed by atoms with E-state index in [9.17, 15) is 14.9 Å². The number of nitro benzene ring substituents is 1. The molecular formula is C22H21N7O4S. The zero-order chi connectivity index (χ0) is 24.5. The summed E-state index contributed by atoms with van der Waals surface area (Å²) in [4.78, 5) is 28.6. The number of hydrogen-bond donors (Lipinski definition) is 1. The van der Waals surface area contributed by atoms with E-state index in [2.05, 4.69) is 25.7 Å². The fraction of sp³-hybridized carbons (Fsp3) is 0.227. The lowest BCUT2D eigenvalue weighted by atomic mass is 9.97. The van der Waals surface area contributed by atoms with Gasteiger partial charge in [-0.2, -0.15) is 4.98 Å². The zero-order valence-electron chi connectivity index (χ0n) is 18.8. The molecule has 12 heteroatoms. The van der Waals surface area contributed by atoms with E-state index in [1.54, 1.807) is 35.9 Å². The van der Waals surface area contributed by atoms with Gasteiger partial charge in [0.05, 0.1) is 9.82 Å². The molecule has 0 radical (unpaired) electrons. The summed E-state index contributed by atoms with van der Waals surface area (Å²) in [5.41, 5.74) is 0.963. The second-order valence-corrected chi connectivity index (χ2v) is 9.48. The molecule has 1 amide bonds. The molecule has 0 aliphatic rings. The Morgan fingerprint density at radius 1 is 1.18 bits per heavy atom. The molecule has 0 bridgehead atoms. The lowest BCUT2D eigenvalue weighted by Gasteiger charge is -2.10. The van der Waals surface area contributed by atoms with Crippen molar-refractivity contribution >= 4 is 29.0 Å². The van der Waals surface area contributed by atoms with Crippen LogP contribution in [0.25, 0.3) is 11.4 Å². The van der Waals surface area contributed by atoms with Crippen molar-refractivity contribution in [2.24, 2.45) is 7.05 Å². The van der Waals surface area contributed by atoms with Crippen molar-refractivity contribution in [3.63, 3.8) is 0 Å². The smallest absolute Gasteiger partial charge is 0.284 e. The van der Waals surface area contributed by atoms with Gasteiger partial charge in [-0.1, -0.05) is 25.9 Å². The number of nitrogens with one attached hydrogen (secondary N) is 1. The monoisotopic (exact) mass is 479 g/mol. The number of carbonyl (C=O) groups is 1. The number of amides is 1. The standard InChI is InChI=1S/C22H21N7O4S/c1-22(2,3)20-25-18(27-33-20)13-5-8-15(9-6-13)24-19(30)14-7-10-17(16(11-14)29(31)32)34-21-26-23-12-28(21)4/h5-12H,1-4H3,(H,24,30). The van der Waals surface area contributed by atoms with Crippen molar-refractivity contribution in [1.29, 1.82) is 0 Å². The molecule has 0 saturated heterocycles. The Hall–Kier alpha value is -4.06. The van der Waals surface area contributed by atoms with Crippen molar-refractivity contribution in [1.82, 2.24) is 24.9 Å². The Kier molecular flexibility index (Phi) is 6.16. The van der Waals surface area contributed by atoms with Crippen LogP contribution in [0.3, 0.4) is 0 Å². The molecule has 0 aliphatic carbocycles. The minimum atomic E-state index is -0.527. The Labute approximate surface area is 198 Å². The van der Waals surface area contributed by atoms with E-state index in [4.69, 9.17) is 4.52 Å². The number of hydrogen-bond acceptors (Lipinski definition) is 9. The van der Waals surface area contributed by atoms with E-state index in [0.29, 0.717) is 27.5 Å². The highest BCUT2D eigenvalue weighted by Crippen LogP contribution is 2.34. The van der Waals surface area contributed by atoms with Gasteiger partial charge in [0.2, 0.25) is 11.7 Å². The molecule has 0 saturated carbocycles. The van der Waals surface area contributed by atoms with Gasteiger partial charge >= 0.3 is 0 Å². The first-order chi connectivity index (χ1) is 16.1. The number of aromatic nitrogens is 5. The summed E-state index contributed by atoms with van der Waals surface area (Å²) in [6, 6.07) is 11.2. The average Bonchev–Trinajstić information content (AvgIpc) is 3.44. The molecule has 0 unspecified atom stereocenters. The van der Waals surface area contributed by atoms with Crippen molar-refractivity contribution in [2.75, 3.05) is 5.32 Å². The van der Waals surface area contributed by atoms with Crippen LogP contribution in [0.15, 0.2) is 63.4 Å². The largest absolute Gasteiger partial charge is 0.338 e. The van der Waals surface area contributed by atoms with Crippen LogP contribution < -0.4 is 5.32 Å². The van der Waals surface area contributed by atoms with Gasteiger partial charge in [-0.25, -0.2) is 0 Å². The van der Waals surface area contributed by atoms with E-state index in [1.165, 1.54) is 24.5 Å². The lowest BCUT2D eigenvalue weighted by molar-refractivity contribution is -0.387. The molecule has 4 rings (SSSR count). The Bertz CT molecular complexity index is 1360. The minimum absolute atomic E-state index is 0.158. The molecule has 2 aromatic carbocycles. The van der Waals surface area contributed by atoms with Gasteiger partial charge in [-0.05, 0) is 48.2 Å². The van der Waals surface area contributed by atoms with Crippen molar-refractivity contribution in [2.45, 2.75) is 36.2 Å². The van der Waals surface area contributed by atoms with Crippen LogP contribution in [0, 0.1) is 10.1 Å². The lowest BCUT2D eigenvalue weighted by Crippen LogP contribution is -2.12. The van der Waals surface area contributed by atoms with Crippen LogP contribution in [-0.2, 0) is 12.5 Å². The van der Waals surface area contributed by atoms with Gasteiger partial charge in [-0.15, -0.1) is 10.2 Å². The van der Waals surface area contributed by atoms with Crippen molar-refractivity contribution in [3.05, 3.63) is 70.4 Å². The third kappa shape index (κ3) is 4.96. The fourth-order valence-corrected chi connectivity index (χ4v) is 3.75. The second-order valence-electron chi connectivity index (χ2n) is 8.47. The SMILES string of the molecule is Cn1cnnc1Sc1ccc(C(=O)Nc2ccc(-c3noc(C(C)(C)C)n3)cc2)cc1[N+](=O)[O-]. The molecular weight excluding hydrogens is 458 g/mol. The summed E-state index contributed by atoms with van der Waals surface area (Å²) in [5.74, 6) is 0.511. The molecule has 11 nitrogen and oxygen atoms in total. The van der Waals surface area contributed by atoms with Crippen molar-refractivity contribution < 1.29 is 14.2 Å². The second kappa shape index (κ2) is 9.06. The summed E-state index contributed by atoms with van der Waals surface area (Å²) in [6.45, 7) is 5.94. The number of rotatable bonds is 6. The number of aryl methyl sites for hydroxylation is 1. The maximum Gasteiger partial charge on any atom is 0.284 e. The third-order valence-electron chi connectivity index (χ3n) is 4.76. The van der Waals surface area contributed by atoms with Gasteiger partial charge < -0.3 is 14.4 Å². The predicted octanol–water partition coefficient (Wildman–Crippen LogP) is 4.47. The maximum absolute atomic E-state index is 12.7. The summed E-state index contributed by atoms with van der Waals surface area (Å²) >= 11 is 1.10. The third-order valence-corrected chi connectivity index (χ3v) is 5.87. The Morgan fingerprint density at radius 3 is 2.50 bits per heavy atom. The van der Waals surface area contributed by atoms with Crippen LogP contribution in [-0.4, -0.2) is 35.7 Å². The quantitative estimate of drug-likeness (QED) is 0.313. The first-order valence-electron chi connectivity index (χ1n) is 10.2. The highest BCUT2D eigenvalue weighted by atomic mass is 32.2. The Morgan fingerprint density at radius 2 is 1.91 bits per heavy atom. The van der Waals surface area contributed by atoms with Crippen molar-refractivity contribution in [3.8, 4) is 11.4 Å². The average molecular weight is 480 g/mol.